The summed E-state index contributed by atoms with van der Waals surface area (Å²) < 4.78 is 17.1. The predicted octanol–water partition coefficient (Wildman–Crippen LogP) is 1.99. The van der Waals surface area contributed by atoms with Gasteiger partial charge in [-0.2, -0.15) is 0 Å². The van der Waals surface area contributed by atoms with Crippen LogP contribution in [0.25, 0.3) is 34.2 Å². The summed E-state index contributed by atoms with van der Waals surface area (Å²) in [5.74, 6) is 1.17. The average Bonchev–Trinajstić information content (AvgIpc) is 3.43. The SMILES string of the molecule is COc1cc(-c2nnc(-c3ccccn3)o2)ccc1-c1cccc([C@H]2O[C@H](CO)[C@@H](O)[C@H](O)[C@@H]2O)c1. The van der Waals surface area contributed by atoms with Crippen LogP contribution < -0.4 is 4.74 Å². The van der Waals surface area contributed by atoms with Gasteiger partial charge in [-0.15, -0.1) is 10.2 Å². The largest absolute Gasteiger partial charge is 0.496 e. The van der Waals surface area contributed by atoms with E-state index in [2.05, 4.69) is 15.2 Å². The molecule has 0 radical (unpaired) electrons. The van der Waals surface area contributed by atoms with Crippen LogP contribution in [0.3, 0.4) is 0 Å². The van der Waals surface area contributed by atoms with Crippen molar-refractivity contribution >= 4 is 0 Å². The highest BCUT2D eigenvalue weighted by Gasteiger charge is 2.44. The summed E-state index contributed by atoms with van der Waals surface area (Å²) in [6.45, 7) is -0.492. The molecule has 0 amide bonds. The summed E-state index contributed by atoms with van der Waals surface area (Å²) in [6, 6.07) is 18.1. The number of hydrogen-bond acceptors (Lipinski definition) is 10. The topological polar surface area (TPSA) is 151 Å². The maximum absolute atomic E-state index is 10.5. The van der Waals surface area contributed by atoms with Crippen molar-refractivity contribution in [3.63, 3.8) is 0 Å². The van der Waals surface area contributed by atoms with E-state index in [4.69, 9.17) is 13.9 Å². The molecule has 1 saturated heterocycles. The highest BCUT2D eigenvalue weighted by atomic mass is 16.5. The van der Waals surface area contributed by atoms with Gasteiger partial charge in [-0.25, -0.2) is 0 Å². The maximum Gasteiger partial charge on any atom is 0.266 e. The summed E-state index contributed by atoms with van der Waals surface area (Å²) in [5.41, 5.74) is 3.34. The van der Waals surface area contributed by atoms with Gasteiger partial charge < -0.3 is 34.3 Å². The van der Waals surface area contributed by atoms with Crippen LogP contribution in [0.2, 0.25) is 0 Å². The molecule has 1 aliphatic heterocycles. The van der Waals surface area contributed by atoms with Gasteiger partial charge in [0.15, 0.2) is 0 Å². The van der Waals surface area contributed by atoms with Gasteiger partial charge in [-0.1, -0.05) is 24.3 Å². The van der Waals surface area contributed by atoms with E-state index in [0.29, 0.717) is 34.4 Å². The van der Waals surface area contributed by atoms with Crippen molar-refractivity contribution in [1.82, 2.24) is 15.2 Å². The molecular formula is C26H25N3O7. The summed E-state index contributed by atoms with van der Waals surface area (Å²) in [4.78, 5) is 4.22. The number of ether oxygens (including phenoxy) is 2. The smallest absolute Gasteiger partial charge is 0.266 e. The number of methoxy groups -OCH3 is 1. The number of aromatic nitrogens is 3. The first-order valence-corrected chi connectivity index (χ1v) is 11.3. The van der Waals surface area contributed by atoms with Crippen molar-refractivity contribution in [2.45, 2.75) is 30.5 Å². The minimum atomic E-state index is -1.45. The fourth-order valence-corrected chi connectivity index (χ4v) is 4.26. The van der Waals surface area contributed by atoms with Crippen molar-refractivity contribution in [2.24, 2.45) is 0 Å². The Balaban J connectivity index is 1.45. The lowest BCUT2D eigenvalue weighted by molar-refractivity contribution is -0.231. The lowest BCUT2D eigenvalue weighted by Crippen LogP contribution is -2.55. The maximum atomic E-state index is 10.5. The van der Waals surface area contributed by atoms with Crippen LogP contribution in [0.4, 0.5) is 0 Å². The van der Waals surface area contributed by atoms with Gasteiger partial charge in [0.05, 0.1) is 13.7 Å². The molecule has 4 N–H and O–H groups in total. The lowest BCUT2D eigenvalue weighted by atomic mass is 9.90. The Morgan fingerprint density at radius 3 is 2.44 bits per heavy atom. The van der Waals surface area contributed by atoms with Gasteiger partial charge in [-0.3, -0.25) is 4.98 Å². The molecule has 0 unspecified atom stereocenters. The van der Waals surface area contributed by atoms with Crippen LogP contribution in [0.15, 0.2) is 71.3 Å². The quantitative estimate of drug-likeness (QED) is 0.315. The molecule has 0 saturated carbocycles. The van der Waals surface area contributed by atoms with Crippen molar-refractivity contribution < 1.29 is 34.3 Å². The van der Waals surface area contributed by atoms with Crippen molar-refractivity contribution in [1.29, 1.82) is 0 Å². The molecule has 4 aromatic rings. The van der Waals surface area contributed by atoms with Crippen LogP contribution in [-0.4, -0.2) is 73.7 Å². The predicted molar refractivity (Wildman–Crippen MR) is 128 cm³/mol. The second-order valence-electron chi connectivity index (χ2n) is 8.42. The van der Waals surface area contributed by atoms with E-state index in [0.717, 1.165) is 11.1 Å². The Kier molecular flexibility index (Phi) is 6.77. The van der Waals surface area contributed by atoms with E-state index in [9.17, 15) is 20.4 Å². The molecule has 3 heterocycles. The minimum Gasteiger partial charge on any atom is -0.496 e. The van der Waals surface area contributed by atoms with E-state index in [-0.39, 0.29) is 0 Å². The number of rotatable bonds is 6. The molecule has 2 aromatic carbocycles. The van der Waals surface area contributed by atoms with Crippen molar-refractivity contribution in [2.75, 3.05) is 13.7 Å². The number of aliphatic hydroxyl groups is 4. The second-order valence-corrected chi connectivity index (χ2v) is 8.42. The zero-order chi connectivity index (χ0) is 25.2. The zero-order valence-corrected chi connectivity index (χ0v) is 19.3. The van der Waals surface area contributed by atoms with E-state index in [1.54, 1.807) is 49.7 Å². The van der Waals surface area contributed by atoms with Crippen LogP contribution in [0.5, 0.6) is 5.75 Å². The molecule has 5 atom stereocenters. The van der Waals surface area contributed by atoms with Gasteiger partial charge in [0.2, 0.25) is 5.89 Å². The summed E-state index contributed by atoms with van der Waals surface area (Å²) in [5, 5.41) is 48.5. The van der Waals surface area contributed by atoms with Crippen LogP contribution in [-0.2, 0) is 4.74 Å². The van der Waals surface area contributed by atoms with Gasteiger partial charge >= 0.3 is 0 Å². The number of pyridine rings is 1. The fourth-order valence-electron chi connectivity index (χ4n) is 4.26. The van der Waals surface area contributed by atoms with Gasteiger partial charge in [0.25, 0.3) is 5.89 Å². The molecule has 186 valence electrons. The first-order valence-electron chi connectivity index (χ1n) is 11.3. The summed E-state index contributed by atoms with van der Waals surface area (Å²) in [6.07, 6.45) is -4.52. The minimum absolute atomic E-state index is 0.306. The molecule has 1 fully saturated rings. The average molecular weight is 492 g/mol. The molecule has 1 aliphatic rings. The Labute approximate surface area is 206 Å². The molecular weight excluding hydrogens is 466 g/mol. The van der Waals surface area contributed by atoms with Crippen LogP contribution in [0.1, 0.15) is 11.7 Å². The van der Waals surface area contributed by atoms with E-state index < -0.39 is 37.1 Å². The Hall–Kier alpha value is -3.67. The Morgan fingerprint density at radius 1 is 0.861 bits per heavy atom. The van der Waals surface area contributed by atoms with Gasteiger partial charge in [0, 0.05) is 17.3 Å². The summed E-state index contributed by atoms with van der Waals surface area (Å²) >= 11 is 0. The number of nitrogens with zero attached hydrogens (tertiary/aromatic N) is 3. The molecule has 0 aliphatic carbocycles. The van der Waals surface area contributed by atoms with Crippen LogP contribution in [0, 0.1) is 0 Å². The molecule has 5 rings (SSSR count). The van der Waals surface area contributed by atoms with Crippen molar-refractivity contribution in [3.05, 3.63) is 72.4 Å². The molecule has 10 nitrogen and oxygen atoms in total. The third kappa shape index (κ3) is 4.48. The molecule has 36 heavy (non-hydrogen) atoms. The third-order valence-corrected chi connectivity index (χ3v) is 6.18. The highest BCUT2D eigenvalue weighted by Crippen LogP contribution is 2.38. The third-order valence-electron chi connectivity index (χ3n) is 6.18. The number of benzene rings is 2. The lowest BCUT2D eigenvalue weighted by Gasteiger charge is -2.40. The van der Waals surface area contributed by atoms with Gasteiger partial charge in [0.1, 0.15) is 42.0 Å². The first-order chi connectivity index (χ1) is 17.5. The Morgan fingerprint density at radius 2 is 1.69 bits per heavy atom. The number of hydrogen-bond donors (Lipinski definition) is 4. The van der Waals surface area contributed by atoms with E-state index >= 15 is 0 Å². The standard InChI is InChI=1S/C26H25N3O7/c1-34-19-12-16(25-28-29-26(36-25)18-7-2-3-10-27-18)8-9-17(19)14-5-4-6-15(11-14)24-23(33)22(32)21(31)20(13-30)35-24/h2-12,20-24,30-33H,13H2,1H3/t20-,21-,22+,23+,24-/m1/s1. The molecule has 0 spiro atoms. The normalized spacial score (nSPS) is 24.0. The zero-order valence-electron chi connectivity index (χ0n) is 19.3. The number of aliphatic hydroxyl groups excluding tert-OH is 4. The monoisotopic (exact) mass is 491 g/mol. The Bertz CT molecular complexity index is 1330. The van der Waals surface area contributed by atoms with E-state index in [1.165, 1.54) is 0 Å². The van der Waals surface area contributed by atoms with Crippen molar-refractivity contribution in [3.8, 4) is 39.9 Å². The first kappa shape index (κ1) is 24.0. The molecule has 10 heteroatoms. The van der Waals surface area contributed by atoms with E-state index in [1.807, 2.05) is 24.3 Å². The highest BCUT2D eigenvalue weighted by molar-refractivity contribution is 5.75. The second kappa shape index (κ2) is 10.1. The molecule has 2 aromatic heterocycles. The van der Waals surface area contributed by atoms with Crippen LogP contribution >= 0.6 is 0 Å². The summed E-state index contributed by atoms with van der Waals surface area (Å²) in [7, 11) is 1.55. The fraction of sp³-hybridized carbons (Fsp3) is 0.269. The van der Waals surface area contributed by atoms with Gasteiger partial charge in [-0.05, 0) is 47.5 Å². The molecule has 0 bridgehead atoms.